The van der Waals surface area contributed by atoms with Crippen LogP contribution in [0.3, 0.4) is 0 Å². The smallest absolute Gasteiger partial charge is 0.290 e. The Kier molecular flexibility index (Phi) is 8.59. The molecule has 1 atom stereocenters. The Morgan fingerprint density at radius 2 is 2.17 bits per heavy atom. The fraction of sp³-hybridized carbons (Fsp3) is 0.375. The Labute approximate surface area is 145 Å². The van der Waals surface area contributed by atoms with Crippen LogP contribution in [-0.4, -0.2) is 45.4 Å². The van der Waals surface area contributed by atoms with E-state index in [2.05, 4.69) is 20.2 Å². The van der Waals surface area contributed by atoms with Crippen molar-refractivity contribution in [2.75, 3.05) is 12.4 Å². The van der Waals surface area contributed by atoms with E-state index in [0.29, 0.717) is 11.7 Å². The van der Waals surface area contributed by atoms with E-state index in [1.54, 1.807) is 12.4 Å². The Bertz CT molecular complexity index is 634. The monoisotopic (exact) mass is 350 g/mol. The lowest BCUT2D eigenvalue weighted by molar-refractivity contribution is -0.123. The summed E-state index contributed by atoms with van der Waals surface area (Å²) >= 11 is 1.43. The number of anilines is 1. The standard InChI is InChI=1S/C15H20N4OS.CH2O2/c1-4-13(14(20)18-15-17-7-8-21-15)19(3)10-12-5-6-16-11(2)9-12;2-1-3/h5-9,13H,4,10H2,1-3H3,(H,17,18,20);1H,(H,2,3). The molecule has 0 radical (unpaired) electrons. The van der Waals surface area contributed by atoms with Crippen LogP contribution in [-0.2, 0) is 16.1 Å². The van der Waals surface area contributed by atoms with Crippen LogP contribution < -0.4 is 5.32 Å². The molecule has 0 aliphatic heterocycles. The number of pyridine rings is 1. The van der Waals surface area contributed by atoms with Gasteiger partial charge in [0, 0.05) is 30.0 Å². The minimum Gasteiger partial charge on any atom is -0.483 e. The van der Waals surface area contributed by atoms with E-state index in [-0.39, 0.29) is 18.4 Å². The fourth-order valence-electron chi connectivity index (χ4n) is 2.27. The number of carboxylic acid groups (broad SMARTS) is 1. The Balaban J connectivity index is 0.000000891. The predicted molar refractivity (Wildman–Crippen MR) is 94.0 cm³/mol. The van der Waals surface area contributed by atoms with E-state index in [1.165, 1.54) is 11.3 Å². The largest absolute Gasteiger partial charge is 0.483 e. The summed E-state index contributed by atoms with van der Waals surface area (Å²) in [6, 6.07) is 3.85. The molecule has 0 saturated carbocycles. The van der Waals surface area contributed by atoms with Gasteiger partial charge in [0.1, 0.15) is 0 Å². The maximum atomic E-state index is 12.3. The van der Waals surface area contributed by atoms with Gasteiger partial charge in [-0.3, -0.25) is 19.5 Å². The zero-order valence-electron chi connectivity index (χ0n) is 14.0. The van der Waals surface area contributed by atoms with Crippen LogP contribution in [0.4, 0.5) is 5.13 Å². The summed E-state index contributed by atoms with van der Waals surface area (Å²) in [5, 5.41) is 12.2. The van der Waals surface area contributed by atoms with Crippen LogP contribution >= 0.6 is 11.3 Å². The normalized spacial score (nSPS) is 11.3. The molecule has 2 rings (SSSR count). The van der Waals surface area contributed by atoms with Gasteiger partial charge in [-0.2, -0.15) is 0 Å². The molecule has 2 heterocycles. The van der Waals surface area contributed by atoms with Crippen molar-refractivity contribution in [3.63, 3.8) is 0 Å². The van der Waals surface area contributed by atoms with Crippen molar-refractivity contribution in [3.8, 4) is 0 Å². The van der Waals surface area contributed by atoms with Crippen molar-refractivity contribution < 1.29 is 14.7 Å². The summed E-state index contributed by atoms with van der Waals surface area (Å²) in [6.45, 7) is 4.45. The molecule has 7 nitrogen and oxygen atoms in total. The topological polar surface area (TPSA) is 95.4 Å². The number of rotatable bonds is 6. The molecule has 0 saturated heterocycles. The summed E-state index contributed by atoms with van der Waals surface area (Å²) in [7, 11) is 1.96. The second-order valence-corrected chi connectivity index (χ2v) is 5.97. The average molecular weight is 350 g/mol. The number of aromatic nitrogens is 2. The molecule has 0 aliphatic rings. The number of thiazole rings is 1. The molecular weight excluding hydrogens is 328 g/mol. The zero-order chi connectivity index (χ0) is 17.9. The van der Waals surface area contributed by atoms with Crippen LogP contribution in [0.5, 0.6) is 0 Å². The molecule has 2 aromatic heterocycles. The molecular formula is C16H22N4O3S. The summed E-state index contributed by atoms with van der Waals surface area (Å²) in [5.74, 6) is -0.0132. The SMILES string of the molecule is CCC(C(=O)Nc1nccs1)N(C)Cc1ccnc(C)c1.O=CO. The summed E-state index contributed by atoms with van der Waals surface area (Å²) < 4.78 is 0. The van der Waals surface area contributed by atoms with Crippen LogP contribution in [0.25, 0.3) is 0 Å². The number of carbonyl (C=O) groups is 2. The minimum absolute atomic E-state index is 0.0132. The number of carbonyl (C=O) groups excluding carboxylic acids is 1. The van der Waals surface area contributed by atoms with E-state index in [4.69, 9.17) is 9.90 Å². The Hall–Kier alpha value is -2.32. The highest BCUT2D eigenvalue weighted by Gasteiger charge is 2.22. The van der Waals surface area contributed by atoms with E-state index in [9.17, 15) is 4.79 Å². The molecule has 0 spiro atoms. The highest BCUT2D eigenvalue weighted by atomic mass is 32.1. The number of nitrogens with one attached hydrogen (secondary N) is 1. The number of aryl methyl sites for hydroxylation is 1. The first-order chi connectivity index (χ1) is 11.5. The molecule has 2 aromatic rings. The van der Waals surface area contributed by atoms with Gasteiger partial charge in [0.25, 0.3) is 6.47 Å². The molecule has 130 valence electrons. The molecule has 24 heavy (non-hydrogen) atoms. The van der Waals surface area contributed by atoms with Gasteiger partial charge in [0.2, 0.25) is 5.91 Å². The number of amides is 1. The number of nitrogens with zero attached hydrogens (tertiary/aromatic N) is 3. The van der Waals surface area contributed by atoms with Gasteiger partial charge in [-0.15, -0.1) is 11.3 Å². The Morgan fingerprint density at radius 3 is 2.71 bits per heavy atom. The molecule has 0 aromatic carbocycles. The second kappa shape index (κ2) is 10.5. The molecule has 2 N–H and O–H groups in total. The van der Waals surface area contributed by atoms with Gasteiger partial charge in [-0.1, -0.05) is 6.92 Å². The highest BCUT2D eigenvalue weighted by molar-refractivity contribution is 7.13. The van der Waals surface area contributed by atoms with Gasteiger partial charge < -0.3 is 10.4 Å². The predicted octanol–water partition coefficient (Wildman–Crippen LogP) is 2.40. The highest BCUT2D eigenvalue weighted by Crippen LogP contribution is 2.14. The fourth-order valence-corrected chi connectivity index (χ4v) is 2.80. The van der Waals surface area contributed by atoms with Crippen molar-refractivity contribution >= 4 is 28.8 Å². The Morgan fingerprint density at radius 1 is 1.46 bits per heavy atom. The first kappa shape index (κ1) is 19.7. The molecule has 0 aliphatic carbocycles. The maximum Gasteiger partial charge on any atom is 0.290 e. The zero-order valence-corrected chi connectivity index (χ0v) is 14.8. The lowest BCUT2D eigenvalue weighted by atomic mass is 10.1. The number of hydrogen-bond acceptors (Lipinski definition) is 6. The molecule has 0 fully saturated rings. The third kappa shape index (κ3) is 6.43. The van der Waals surface area contributed by atoms with Gasteiger partial charge >= 0.3 is 0 Å². The van der Waals surface area contributed by atoms with Gasteiger partial charge in [0.15, 0.2) is 5.13 Å². The minimum atomic E-state index is -0.250. The van der Waals surface area contributed by atoms with Crippen LogP contribution in [0, 0.1) is 6.92 Å². The van der Waals surface area contributed by atoms with E-state index >= 15 is 0 Å². The lowest BCUT2D eigenvalue weighted by Crippen LogP contribution is -2.41. The van der Waals surface area contributed by atoms with E-state index in [0.717, 1.165) is 17.7 Å². The van der Waals surface area contributed by atoms with Crippen molar-refractivity contribution in [2.24, 2.45) is 0 Å². The van der Waals surface area contributed by atoms with Gasteiger partial charge in [-0.25, -0.2) is 4.98 Å². The molecule has 1 unspecified atom stereocenters. The van der Waals surface area contributed by atoms with Crippen molar-refractivity contribution in [3.05, 3.63) is 41.2 Å². The maximum absolute atomic E-state index is 12.3. The van der Waals surface area contributed by atoms with Crippen LogP contribution in [0.15, 0.2) is 29.9 Å². The molecule has 1 amide bonds. The second-order valence-electron chi connectivity index (χ2n) is 5.08. The van der Waals surface area contributed by atoms with Crippen LogP contribution in [0.2, 0.25) is 0 Å². The lowest BCUT2D eigenvalue weighted by Gasteiger charge is -2.25. The quantitative estimate of drug-likeness (QED) is 0.777. The van der Waals surface area contributed by atoms with E-state index < -0.39 is 0 Å². The first-order valence-corrected chi connectivity index (χ1v) is 8.29. The number of hydrogen-bond donors (Lipinski definition) is 2. The van der Waals surface area contributed by atoms with Crippen molar-refractivity contribution in [1.29, 1.82) is 0 Å². The molecule has 8 heteroatoms. The van der Waals surface area contributed by atoms with Gasteiger partial charge in [-0.05, 0) is 38.1 Å². The molecule has 0 bridgehead atoms. The van der Waals surface area contributed by atoms with Crippen LogP contribution in [0.1, 0.15) is 24.6 Å². The average Bonchev–Trinajstić information content (AvgIpc) is 3.01. The van der Waals surface area contributed by atoms with Crippen molar-refractivity contribution in [1.82, 2.24) is 14.9 Å². The van der Waals surface area contributed by atoms with Gasteiger partial charge in [0.05, 0.1) is 6.04 Å². The number of likely N-dealkylation sites (N-methyl/N-ethyl adjacent to an activating group) is 1. The summed E-state index contributed by atoms with van der Waals surface area (Å²) in [4.78, 5) is 31.0. The third-order valence-corrected chi connectivity index (χ3v) is 3.97. The van der Waals surface area contributed by atoms with E-state index in [1.807, 2.05) is 38.4 Å². The third-order valence-electron chi connectivity index (χ3n) is 3.28. The summed E-state index contributed by atoms with van der Waals surface area (Å²) in [6.07, 6.45) is 4.23. The van der Waals surface area contributed by atoms with Crippen molar-refractivity contribution in [2.45, 2.75) is 32.9 Å². The summed E-state index contributed by atoms with van der Waals surface area (Å²) in [5.41, 5.74) is 2.15. The first-order valence-electron chi connectivity index (χ1n) is 7.41.